The van der Waals surface area contributed by atoms with Crippen LogP contribution in [0.15, 0.2) is 41.2 Å². The monoisotopic (exact) mass is 333 g/mol. The minimum Gasteiger partial charge on any atom is -0.301 e. The van der Waals surface area contributed by atoms with Crippen LogP contribution in [0.4, 0.5) is 0 Å². The first-order valence-electron chi connectivity index (χ1n) is 8.10. The second-order valence-corrected chi connectivity index (χ2v) is 6.01. The van der Waals surface area contributed by atoms with Crippen molar-refractivity contribution >= 4 is 12.4 Å². The van der Waals surface area contributed by atoms with Crippen molar-refractivity contribution in [3.05, 3.63) is 52.3 Å². The van der Waals surface area contributed by atoms with Crippen molar-refractivity contribution in [1.29, 1.82) is 0 Å². The zero-order chi connectivity index (χ0) is 15.4. The number of aromatic nitrogens is 2. The minimum absolute atomic E-state index is 0. The van der Waals surface area contributed by atoms with Crippen molar-refractivity contribution < 1.29 is 0 Å². The van der Waals surface area contributed by atoms with Gasteiger partial charge >= 0.3 is 0 Å². The predicted octanol–water partition coefficient (Wildman–Crippen LogP) is 3.13. The molecule has 0 radical (unpaired) electrons. The van der Waals surface area contributed by atoms with Gasteiger partial charge in [0.2, 0.25) is 0 Å². The van der Waals surface area contributed by atoms with E-state index < -0.39 is 0 Å². The van der Waals surface area contributed by atoms with Gasteiger partial charge in [-0.25, -0.2) is 4.68 Å². The van der Waals surface area contributed by atoms with E-state index in [1.54, 1.807) is 4.68 Å². The zero-order valence-electron chi connectivity index (χ0n) is 13.6. The summed E-state index contributed by atoms with van der Waals surface area (Å²) in [6.45, 7) is 5.73. The number of benzene rings is 1. The Hall–Kier alpha value is -1.65. The summed E-state index contributed by atoms with van der Waals surface area (Å²) in [5.41, 5.74) is 2.71. The average Bonchev–Trinajstić information content (AvgIpc) is 2.58. The van der Waals surface area contributed by atoms with Crippen LogP contribution in [-0.4, -0.2) is 34.3 Å². The molecule has 0 N–H and O–H groups in total. The number of aryl methyl sites for hydroxylation is 1. The topological polar surface area (TPSA) is 38.1 Å². The van der Waals surface area contributed by atoms with Gasteiger partial charge in [-0.2, -0.15) is 5.10 Å². The SMILES string of the molecule is Cc1cc(-c2ccccc2)nn(CCN2CCCCC2)c1=O.Cl. The van der Waals surface area contributed by atoms with Crippen molar-refractivity contribution in [2.75, 3.05) is 19.6 Å². The molecule has 1 aromatic heterocycles. The van der Waals surface area contributed by atoms with Gasteiger partial charge in [0.05, 0.1) is 12.2 Å². The van der Waals surface area contributed by atoms with Gasteiger partial charge < -0.3 is 4.90 Å². The number of halogens is 1. The van der Waals surface area contributed by atoms with Gasteiger partial charge in [-0.05, 0) is 38.9 Å². The Morgan fingerprint density at radius 3 is 2.43 bits per heavy atom. The molecule has 4 nitrogen and oxygen atoms in total. The quantitative estimate of drug-likeness (QED) is 0.862. The standard InChI is InChI=1S/C18H23N3O.ClH/c1-15-14-17(16-8-4-2-5-9-16)19-21(18(15)22)13-12-20-10-6-3-7-11-20;/h2,4-5,8-9,14H,3,6-7,10-13H2,1H3;1H. The Morgan fingerprint density at radius 1 is 1.04 bits per heavy atom. The average molecular weight is 334 g/mol. The van der Waals surface area contributed by atoms with Gasteiger partial charge in [-0.1, -0.05) is 36.8 Å². The fraction of sp³-hybridized carbons (Fsp3) is 0.444. The van der Waals surface area contributed by atoms with Gasteiger partial charge in [-0.3, -0.25) is 4.79 Å². The molecular formula is C18H24ClN3O. The zero-order valence-corrected chi connectivity index (χ0v) is 14.4. The Kier molecular flexibility index (Phi) is 6.37. The van der Waals surface area contributed by atoms with Crippen LogP contribution < -0.4 is 5.56 Å². The molecule has 124 valence electrons. The molecule has 0 spiro atoms. The maximum Gasteiger partial charge on any atom is 0.269 e. The number of nitrogens with zero attached hydrogens (tertiary/aromatic N) is 3. The molecule has 3 rings (SSSR count). The van der Waals surface area contributed by atoms with Crippen LogP contribution in [-0.2, 0) is 6.54 Å². The Balaban J connectivity index is 0.00000192. The lowest BCUT2D eigenvalue weighted by atomic mass is 10.1. The molecule has 1 aromatic carbocycles. The highest BCUT2D eigenvalue weighted by atomic mass is 35.5. The third-order valence-corrected chi connectivity index (χ3v) is 4.30. The van der Waals surface area contributed by atoms with E-state index in [0.717, 1.165) is 36.5 Å². The fourth-order valence-electron chi connectivity index (χ4n) is 3.00. The first-order valence-corrected chi connectivity index (χ1v) is 8.10. The fourth-order valence-corrected chi connectivity index (χ4v) is 3.00. The van der Waals surface area contributed by atoms with Crippen LogP contribution in [0.2, 0.25) is 0 Å². The van der Waals surface area contributed by atoms with E-state index in [0.29, 0.717) is 6.54 Å². The molecule has 1 aliphatic heterocycles. The summed E-state index contributed by atoms with van der Waals surface area (Å²) >= 11 is 0. The van der Waals surface area contributed by atoms with E-state index in [2.05, 4.69) is 10.00 Å². The largest absolute Gasteiger partial charge is 0.301 e. The Morgan fingerprint density at radius 2 is 1.74 bits per heavy atom. The molecular weight excluding hydrogens is 310 g/mol. The van der Waals surface area contributed by atoms with E-state index in [-0.39, 0.29) is 18.0 Å². The van der Waals surface area contributed by atoms with Crippen LogP contribution in [0, 0.1) is 6.92 Å². The molecule has 0 saturated carbocycles. The molecule has 0 aliphatic carbocycles. The molecule has 0 bridgehead atoms. The molecule has 1 aliphatic rings. The van der Waals surface area contributed by atoms with E-state index in [4.69, 9.17) is 0 Å². The van der Waals surface area contributed by atoms with Crippen LogP contribution >= 0.6 is 12.4 Å². The van der Waals surface area contributed by atoms with Crippen LogP contribution in [0.3, 0.4) is 0 Å². The molecule has 1 fully saturated rings. The Labute approximate surface area is 143 Å². The molecule has 2 aromatic rings. The summed E-state index contributed by atoms with van der Waals surface area (Å²) in [6.07, 6.45) is 3.87. The molecule has 2 heterocycles. The summed E-state index contributed by atoms with van der Waals surface area (Å²) in [5.74, 6) is 0. The third-order valence-electron chi connectivity index (χ3n) is 4.30. The summed E-state index contributed by atoms with van der Waals surface area (Å²) in [4.78, 5) is 14.7. The summed E-state index contributed by atoms with van der Waals surface area (Å²) < 4.78 is 1.63. The van der Waals surface area contributed by atoms with E-state index >= 15 is 0 Å². The smallest absolute Gasteiger partial charge is 0.269 e. The summed E-state index contributed by atoms with van der Waals surface area (Å²) in [7, 11) is 0. The maximum atomic E-state index is 12.3. The minimum atomic E-state index is 0. The lowest BCUT2D eigenvalue weighted by molar-refractivity contribution is 0.216. The summed E-state index contributed by atoms with van der Waals surface area (Å²) in [6, 6.07) is 11.9. The first-order chi connectivity index (χ1) is 10.7. The Bertz CT molecular complexity index is 678. The number of hydrogen-bond acceptors (Lipinski definition) is 3. The van der Waals surface area contributed by atoms with Gasteiger partial charge in [0, 0.05) is 17.7 Å². The molecule has 0 atom stereocenters. The van der Waals surface area contributed by atoms with E-state index in [1.807, 2.05) is 43.3 Å². The highest BCUT2D eigenvalue weighted by Crippen LogP contribution is 2.15. The van der Waals surface area contributed by atoms with Crippen LogP contribution in [0.25, 0.3) is 11.3 Å². The lowest BCUT2D eigenvalue weighted by Gasteiger charge is -2.26. The van der Waals surface area contributed by atoms with Crippen molar-refractivity contribution in [1.82, 2.24) is 14.7 Å². The molecule has 23 heavy (non-hydrogen) atoms. The number of rotatable bonds is 4. The number of piperidine rings is 1. The lowest BCUT2D eigenvalue weighted by Crippen LogP contribution is -2.36. The molecule has 0 unspecified atom stereocenters. The highest BCUT2D eigenvalue weighted by Gasteiger charge is 2.12. The third kappa shape index (κ3) is 4.43. The van der Waals surface area contributed by atoms with Crippen LogP contribution in [0.5, 0.6) is 0 Å². The molecule has 5 heteroatoms. The van der Waals surface area contributed by atoms with Crippen molar-refractivity contribution in [3.8, 4) is 11.3 Å². The summed E-state index contributed by atoms with van der Waals surface area (Å²) in [5, 5.41) is 4.57. The molecule has 0 amide bonds. The first kappa shape index (κ1) is 17.7. The van der Waals surface area contributed by atoms with Crippen LogP contribution in [0.1, 0.15) is 24.8 Å². The van der Waals surface area contributed by atoms with Crippen molar-refractivity contribution in [2.24, 2.45) is 0 Å². The van der Waals surface area contributed by atoms with Gasteiger partial charge in [0.1, 0.15) is 0 Å². The van der Waals surface area contributed by atoms with Gasteiger partial charge in [0.25, 0.3) is 5.56 Å². The maximum absolute atomic E-state index is 12.3. The van der Waals surface area contributed by atoms with Crippen molar-refractivity contribution in [2.45, 2.75) is 32.7 Å². The van der Waals surface area contributed by atoms with Crippen molar-refractivity contribution in [3.63, 3.8) is 0 Å². The number of hydrogen-bond donors (Lipinski definition) is 0. The van der Waals surface area contributed by atoms with Gasteiger partial charge in [0.15, 0.2) is 0 Å². The van der Waals surface area contributed by atoms with Gasteiger partial charge in [-0.15, -0.1) is 12.4 Å². The highest BCUT2D eigenvalue weighted by molar-refractivity contribution is 5.85. The number of likely N-dealkylation sites (tertiary alicyclic amines) is 1. The van der Waals surface area contributed by atoms with E-state index in [1.165, 1.54) is 19.3 Å². The second kappa shape index (κ2) is 8.27. The molecule has 1 saturated heterocycles. The van der Waals surface area contributed by atoms with E-state index in [9.17, 15) is 4.79 Å². The second-order valence-electron chi connectivity index (χ2n) is 6.01. The predicted molar refractivity (Wildman–Crippen MR) is 96.2 cm³/mol. The normalized spacial score (nSPS) is 15.2.